The van der Waals surface area contributed by atoms with Crippen LogP contribution in [0.5, 0.6) is 0 Å². The first kappa shape index (κ1) is 13.8. The first-order chi connectivity index (χ1) is 7.89. The Morgan fingerprint density at radius 1 is 1.29 bits per heavy atom. The Bertz CT molecular complexity index is 364. The van der Waals surface area contributed by atoms with E-state index in [9.17, 15) is 4.79 Å². The number of amides is 1. The third-order valence-corrected chi connectivity index (χ3v) is 2.36. The van der Waals surface area contributed by atoms with Gasteiger partial charge < -0.3 is 15.1 Å². The molecule has 0 aliphatic rings. The molecule has 0 aliphatic carbocycles. The van der Waals surface area contributed by atoms with Gasteiger partial charge in [-0.15, -0.1) is 0 Å². The van der Waals surface area contributed by atoms with Crippen molar-refractivity contribution in [1.82, 2.24) is 10.6 Å². The van der Waals surface area contributed by atoms with Crippen LogP contribution in [0.2, 0.25) is 0 Å². The van der Waals surface area contributed by atoms with Gasteiger partial charge in [-0.2, -0.15) is 0 Å². The summed E-state index contributed by atoms with van der Waals surface area (Å²) in [5.41, 5.74) is -0.321. The van der Waals surface area contributed by atoms with Crippen molar-refractivity contribution in [3.05, 3.63) is 23.7 Å². The molecule has 0 radical (unpaired) electrons. The Labute approximate surface area is 103 Å². The van der Waals surface area contributed by atoms with Gasteiger partial charge in [-0.05, 0) is 19.1 Å². The lowest BCUT2D eigenvalue weighted by atomic mass is 9.96. The average molecular weight is 238 g/mol. The van der Waals surface area contributed by atoms with Crippen LogP contribution < -0.4 is 10.6 Å². The lowest BCUT2D eigenvalue weighted by molar-refractivity contribution is -0.128. The third-order valence-electron chi connectivity index (χ3n) is 2.36. The van der Waals surface area contributed by atoms with E-state index in [0.29, 0.717) is 13.1 Å². The highest BCUT2D eigenvalue weighted by Gasteiger charge is 2.19. The summed E-state index contributed by atoms with van der Waals surface area (Å²) in [7, 11) is 0. The predicted octanol–water partition coefficient (Wildman–Crippen LogP) is 1.84. The molecular weight excluding hydrogens is 216 g/mol. The number of furan rings is 1. The minimum atomic E-state index is -0.321. The SMILES string of the molecule is Cc1ccc(CNCCNC(=O)C(C)(C)C)o1. The second kappa shape index (κ2) is 5.87. The molecule has 96 valence electrons. The van der Waals surface area contributed by atoms with Crippen molar-refractivity contribution in [2.75, 3.05) is 13.1 Å². The monoisotopic (exact) mass is 238 g/mol. The molecule has 1 heterocycles. The van der Waals surface area contributed by atoms with Crippen LogP contribution in [-0.2, 0) is 11.3 Å². The summed E-state index contributed by atoms with van der Waals surface area (Å²) in [6.07, 6.45) is 0. The number of hydrogen-bond donors (Lipinski definition) is 2. The van der Waals surface area contributed by atoms with Crippen LogP contribution in [0.25, 0.3) is 0 Å². The summed E-state index contributed by atoms with van der Waals surface area (Å²) in [6.45, 7) is 9.70. The summed E-state index contributed by atoms with van der Waals surface area (Å²) in [5, 5.41) is 6.10. The molecule has 0 bridgehead atoms. The second-order valence-electron chi connectivity index (χ2n) is 5.20. The van der Waals surface area contributed by atoms with Gasteiger partial charge in [-0.1, -0.05) is 20.8 Å². The van der Waals surface area contributed by atoms with Crippen molar-refractivity contribution in [2.24, 2.45) is 5.41 Å². The van der Waals surface area contributed by atoms with Crippen LogP contribution in [-0.4, -0.2) is 19.0 Å². The second-order valence-corrected chi connectivity index (χ2v) is 5.20. The van der Waals surface area contributed by atoms with Crippen molar-refractivity contribution < 1.29 is 9.21 Å². The predicted molar refractivity (Wildman–Crippen MR) is 67.6 cm³/mol. The molecule has 0 aromatic carbocycles. The fraction of sp³-hybridized carbons (Fsp3) is 0.615. The largest absolute Gasteiger partial charge is 0.465 e. The number of carbonyl (C=O) groups is 1. The van der Waals surface area contributed by atoms with Gasteiger partial charge in [0, 0.05) is 18.5 Å². The molecule has 1 amide bonds. The number of nitrogens with one attached hydrogen (secondary N) is 2. The molecule has 0 saturated carbocycles. The molecule has 0 saturated heterocycles. The molecule has 1 aromatic rings. The molecule has 0 atom stereocenters. The summed E-state index contributed by atoms with van der Waals surface area (Å²) in [4.78, 5) is 11.5. The highest BCUT2D eigenvalue weighted by atomic mass is 16.3. The minimum absolute atomic E-state index is 0.0770. The molecule has 17 heavy (non-hydrogen) atoms. The van der Waals surface area contributed by atoms with Crippen LogP contribution >= 0.6 is 0 Å². The molecule has 0 aliphatic heterocycles. The van der Waals surface area contributed by atoms with Crippen LogP contribution in [0.1, 0.15) is 32.3 Å². The normalized spacial score (nSPS) is 11.5. The van der Waals surface area contributed by atoms with Gasteiger partial charge in [-0.3, -0.25) is 4.79 Å². The zero-order valence-electron chi connectivity index (χ0n) is 11.1. The number of carbonyl (C=O) groups excluding carboxylic acids is 1. The van der Waals surface area contributed by atoms with E-state index in [1.165, 1.54) is 0 Å². The van der Waals surface area contributed by atoms with Crippen molar-refractivity contribution in [2.45, 2.75) is 34.2 Å². The maximum absolute atomic E-state index is 11.5. The van der Waals surface area contributed by atoms with E-state index >= 15 is 0 Å². The van der Waals surface area contributed by atoms with E-state index in [1.807, 2.05) is 39.8 Å². The maximum atomic E-state index is 11.5. The summed E-state index contributed by atoms with van der Waals surface area (Å²) >= 11 is 0. The zero-order chi connectivity index (χ0) is 12.9. The lowest BCUT2D eigenvalue weighted by Crippen LogP contribution is -2.38. The van der Waals surface area contributed by atoms with Crippen molar-refractivity contribution in [3.63, 3.8) is 0 Å². The van der Waals surface area contributed by atoms with Crippen molar-refractivity contribution >= 4 is 5.91 Å². The van der Waals surface area contributed by atoms with E-state index in [2.05, 4.69) is 10.6 Å². The lowest BCUT2D eigenvalue weighted by Gasteiger charge is -2.17. The Kier molecular flexibility index (Phi) is 4.75. The van der Waals surface area contributed by atoms with Gasteiger partial charge in [0.25, 0.3) is 0 Å². The summed E-state index contributed by atoms with van der Waals surface area (Å²) in [5.74, 6) is 1.92. The highest BCUT2D eigenvalue weighted by Crippen LogP contribution is 2.11. The molecule has 2 N–H and O–H groups in total. The Hall–Kier alpha value is -1.29. The number of hydrogen-bond acceptors (Lipinski definition) is 3. The minimum Gasteiger partial charge on any atom is -0.465 e. The van der Waals surface area contributed by atoms with Gasteiger partial charge >= 0.3 is 0 Å². The van der Waals surface area contributed by atoms with Gasteiger partial charge in [0.2, 0.25) is 5.91 Å². The topological polar surface area (TPSA) is 54.3 Å². The van der Waals surface area contributed by atoms with E-state index in [1.54, 1.807) is 0 Å². The number of rotatable bonds is 5. The molecular formula is C13H22N2O2. The first-order valence-electron chi connectivity index (χ1n) is 5.94. The van der Waals surface area contributed by atoms with Crippen LogP contribution in [0.4, 0.5) is 0 Å². The maximum Gasteiger partial charge on any atom is 0.225 e. The quantitative estimate of drug-likeness (QED) is 0.770. The summed E-state index contributed by atoms with van der Waals surface area (Å²) in [6, 6.07) is 3.90. The highest BCUT2D eigenvalue weighted by molar-refractivity contribution is 5.81. The van der Waals surface area contributed by atoms with E-state index in [4.69, 9.17) is 4.42 Å². The Morgan fingerprint density at radius 2 is 2.00 bits per heavy atom. The zero-order valence-corrected chi connectivity index (χ0v) is 11.1. The molecule has 0 fully saturated rings. The standard InChI is InChI=1S/C13H22N2O2/c1-10-5-6-11(17-10)9-14-7-8-15-12(16)13(2,3)4/h5-6,14H,7-9H2,1-4H3,(H,15,16). The molecule has 1 aromatic heterocycles. The van der Waals surface area contributed by atoms with E-state index in [-0.39, 0.29) is 11.3 Å². The molecule has 0 spiro atoms. The first-order valence-corrected chi connectivity index (χ1v) is 5.94. The molecule has 0 unspecified atom stereocenters. The summed E-state index contributed by atoms with van der Waals surface area (Å²) < 4.78 is 5.42. The van der Waals surface area contributed by atoms with Gasteiger partial charge in [0.1, 0.15) is 11.5 Å². The van der Waals surface area contributed by atoms with Gasteiger partial charge in [0.15, 0.2) is 0 Å². The Morgan fingerprint density at radius 3 is 2.53 bits per heavy atom. The van der Waals surface area contributed by atoms with Gasteiger partial charge in [0.05, 0.1) is 6.54 Å². The smallest absolute Gasteiger partial charge is 0.225 e. The van der Waals surface area contributed by atoms with Gasteiger partial charge in [-0.25, -0.2) is 0 Å². The van der Waals surface area contributed by atoms with Crippen LogP contribution in [0, 0.1) is 12.3 Å². The van der Waals surface area contributed by atoms with Crippen LogP contribution in [0.15, 0.2) is 16.5 Å². The average Bonchev–Trinajstić information content (AvgIpc) is 2.62. The van der Waals surface area contributed by atoms with Crippen molar-refractivity contribution in [3.8, 4) is 0 Å². The Balaban J connectivity index is 2.11. The molecule has 4 heteroatoms. The fourth-order valence-electron chi connectivity index (χ4n) is 1.32. The van der Waals surface area contributed by atoms with E-state index < -0.39 is 0 Å². The fourth-order valence-corrected chi connectivity index (χ4v) is 1.32. The van der Waals surface area contributed by atoms with Crippen LogP contribution in [0.3, 0.4) is 0 Å². The molecule has 4 nitrogen and oxygen atoms in total. The van der Waals surface area contributed by atoms with Crippen molar-refractivity contribution in [1.29, 1.82) is 0 Å². The third kappa shape index (κ3) is 5.04. The molecule has 1 rings (SSSR count). The number of aryl methyl sites for hydroxylation is 1. The van der Waals surface area contributed by atoms with E-state index in [0.717, 1.165) is 18.1 Å².